The smallest absolute Gasteiger partial charge is 0.339 e. The number of aromatic nitrogens is 4. The van der Waals surface area contributed by atoms with E-state index in [0.717, 1.165) is 16.9 Å². The number of carbonyl (C=O) groups is 1. The number of aryl methyl sites for hydroxylation is 1. The number of ether oxygens (including phenoxy) is 1. The number of nitrogens with zero attached hydrogens (tertiary/aromatic N) is 4. The Hall–Kier alpha value is -3.65. The minimum absolute atomic E-state index is 0.0506. The highest BCUT2D eigenvalue weighted by Gasteiger charge is 2.20. The Bertz CT molecular complexity index is 1240. The normalized spacial score (nSPS) is 10.9. The number of methoxy groups -OCH3 is 1. The molecule has 4 rings (SSSR count). The molecule has 0 aliphatic heterocycles. The number of halogens is 1. The van der Waals surface area contributed by atoms with E-state index in [4.69, 9.17) is 20.9 Å². The van der Waals surface area contributed by atoms with Crippen LogP contribution in [0.5, 0.6) is 5.75 Å². The summed E-state index contributed by atoms with van der Waals surface area (Å²) in [6, 6.07) is 10.3. The molecule has 2 aromatic carbocycles. The molecule has 9 heteroatoms. The highest BCUT2D eigenvalue weighted by Crippen LogP contribution is 2.31. The van der Waals surface area contributed by atoms with E-state index in [-0.39, 0.29) is 17.2 Å². The van der Waals surface area contributed by atoms with Crippen LogP contribution >= 0.6 is 11.6 Å². The summed E-state index contributed by atoms with van der Waals surface area (Å²) < 4.78 is 12.5. The van der Waals surface area contributed by atoms with Gasteiger partial charge in [0.1, 0.15) is 23.3 Å². The second kappa shape index (κ2) is 7.64. The fourth-order valence-electron chi connectivity index (χ4n) is 3.22. The number of imidazole rings is 1. The lowest BCUT2D eigenvalue weighted by Crippen LogP contribution is -2.00. The van der Waals surface area contributed by atoms with Crippen molar-refractivity contribution in [1.29, 1.82) is 0 Å². The highest BCUT2D eigenvalue weighted by atomic mass is 35.5. The topological polar surface area (TPSA) is 103 Å². The molecule has 2 heterocycles. The number of aromatic carboxylic acids is 1. The van der Waals surface area contributed by atoms with Gasteiger partial charge in [-0.05, 0) is 43.7 Å². The second-order valence-electron chi connectivity index (χ2n) is 6.60. The molecule has 30 heavy (non-hydrogen) atoms. The maximum absolute atomic E-state index is 11.3. The molecule has 8 nitrogen and oxygen atoms in total. The van der Waals surface area contributed by atoms with Crippen LogP contribution in [0.25, 0.3) is 28.7 Å². The molecular formula is C21H17ClN4O4. The Labute approximate surface area is 176 Å². The summed E-state index contributed by atoms with van der Waals surface area (Å²) in [5, 5.41) is 13.8. The van der Waals surface area contributed by atoms with Crippen molar-refractivity contribution in [2.75, 3.05) is 7.11 Å². The molecule has 0 radical (unpaired) electrons. The summed E-state index contributed by atoms with van der Waals surface area (Å²) in [5.74, 6) is -0.334. The lowest BCUT2D eigenvalue weighted by atomic mass is 10.1. The quantitative estimate of drug-likeness (QED) is 0.500. The zero-order chi connectivity index (χ0) is 21.4. The summed E-state index contributed by atoms with van der Waals surface area (Å²) >= 11 is 6.39. The number of carboxylic acids is 1. The van der Waals surface area contributed by atoms with Crippen molar-refractivity contribution in [2.24, 2.45) is 0 Å². The zero-order valence-corrected chi connectivity index (χ0v) is 17.1. The van der Waals surface area contributed by atoms with Crippen LogP contribution in [-0.2, 0) is 0 Å². The summed E-state index contributed by atoms with van der Waals surface area (Å²) in [5.41, 5.74) is 3.78. The molecule has 0 atom stereocenters. The third-order valence-electron chi connectivity index (χ3n) is 4.75. The van der Waals surface area contributed by atoms with E-state index in [2.05, 4.69) is 15.1 Å². The molecule has 2 aromatic heterocycles. The molecule has 0 amide bonds. The maximum Gasteiger partial charge on any atom is 0.339 e. The van der Waals surface area contributed by atoms with Crippen molar-refractivity contribution in [3.05, 3.63) is 64.6 Å². The third kappa shape index (κ3) is 3.31. The van der Waals surface area contributed by atoms with Crippen LogP contribution in [0.15, 0.2) is 47.2 Å². The Morgan fingerprint density at radius 3 is 2.73 bits per heavy atom. The first-order chi connectivity index (χ1) is 14.4. The van der Waals surface area contributed by atoms with E-state index in [1.54, 1.807) is 18.5 Å². The van der Waals surface area contributed by atoms with Crippen LogP contribution in [-0.4, -0.2) is 37.9 Å². The van der Waals surface area contributed by atoms with Crippen LogP contribution in [0.2, 0.25) is 5.02 Å². The van der Waals surface area contributed by atoms with Gasteiger partial charge in [-0.1, -0.05) is 28.9 Å². The van der Waals surface area contributed by atoms with Gasteiger partial charge in [-0.3, -0.25) is 0 Å². The van der Waals surface area contributed by atoms with Gasteiger partial charge < -0.3 is 18.9 Å². The van der Waals surface area contributed by atoms with Crippen LogP contribution in [0.3, 0.4) is 0 Å². The lowest BCUT2D eigenvalue weighted by Gasteiger charge is -2.10. The fourth-order valence-corrected chi connectivity index (χ4v) is 3.53. The molecule has 1 N–H and O–H groups in total. The largest absolute Gasteiger partial charge is 0.496 e. The minimum atomic E-state index is -1.08. The zero-order valence-electron chi connectivity index (χ0n) is 16.4. The fraction of sp³-hybridized carbons (Fsp3) is 0.143. The molecule has 0 saturated heterocycles. The summed E-state index contributed by atoms with van der Waals surface area (Å²) in [6.07, 6.45) is 1.66. The average molecular weight is 425 g/mol. The Balaban J connectivity index is 1.72. The Kier molecular flexibility index (Phi) is 5.01. The lowest BCUT2D eigenvalue weighted by molar-refractivity contribution is 0.0693. The molecule has 0 aliphatic rings. The van der Waals surface area contributed by atoms with Gasteiger partial charge in [0.25, 0.3) is 5.89 Å². The van der Waals surface area contributed by atoms with E-state index < -0.39 is 5.97 Å². The van der Waals surface area contributed by atoms with Gasteiger partial charge in [-0.15, -0.1) is 0 Å². The standard InChI is InChI=1S/C21H17ClN4O4/c1-11-5-4-6-15(22)18(11)26-10-23-17(12(26)2)20-24-19(25-30-20)13-7-8-14(21(27)28)16(9-13)29-3/h4-10H,1-3H3,(H,27,28). The molecule has 0 spiro atoms. The van der Waals surface area contributed by atoms with Gasteiger partial charge in [-0.25, -0.2) is 9.78 Å². The molecule has 0 unspecified atom stereocenters. The van der Waals surface area contributed by atoms with Gasteiger partial charge in [0, 0.05) is 5.56 Å². The van der Waals surface area contributed by atoms with Crippen LogP contribution < -0.4 is 4.74 Å². The number of para-hydroxylation sites is 1. The molecule has 0 aliphatic carbocycles. The molecule has 152 valence electrons. The Morgan fingerprint density at radius 1 is 1.23 bits per heavy atom. The van der Waals surface area contributed by atoms with Crippen LogP contribution in [0, 0.1) is 13.8 Å². The number of hydrogen-bond acceptors (Lipinski definition) is 6. The second-order valence-corrected chi connectivity index (χ2v) is 7.00. The number of hydrogen-bond donors (Lipinski definition) is 1. The first-order valence-corrected chi connectivity index (χ1v) is 9.33. The van der Waals surface area contributed by atoms with E-state index in [1.165, 1.54) is 13.2 Å². The minimum Gasteiger partial charge on any atom is -0.496 e. The monoisotopic (exact) mass is 424 g/mol. The molecular weight excluding hydrogens is 408 g/mol. The van der Waals surface area contributed by atoms with E-state index in [9.17, 15) is 9.90 Å². The predicted molar refractivity (Wildman–Crippen MR) is 110 cm³/mol. The Morgan fingerprint density at radius 2 is 2.03 bits per heavy atom. The van der Waals surface area contributed by atoms with Crippen molar-refractivity contribution in [3.8, 4) is 34.4 Å². The van der Waals surface area contributed by atoms with E-state index >= 15 is 0 Å². The van der Waals surface area contributed by atoms with Crippen molar-refractivity contribution >= 4 is 17.6 Å². The molecule has 0 fully saturated rings. The van der Waals surface area contributed by atoms with Crippen molar-refractivity contribution < 1.29 is 19.2 Å². The van der Waals surface area contributed by atoms with E-state index in [0.29, 0.717) is 22.1 Å². The molecule has 4 aromatic rings. The highest BCUT2D eigenvalue weighted by molar-refractivity contribution is 6.32. The number of carboxylic acid groups (broad SMARTS) is 1. The third-order valence-corrected chi connectivity index (χ3v) is 5.06. The maximum atomic E-state index is 11.3. The SMILES string of the molecule is COc1cc(-c2noc(-c3ncn(-c4c(C)cccc4Cl)c3C)n2)ccc1C(=O)O. The summed E-state index contributed by atoms with van der Waals surface area (Å²) in [7, 11) is 1.40. The van der Waals surface area contributed by atoms with Gasteiger partial charge in [0.15, 0.2) is 0 Å². The van der Waals surface area contributed by atoms with Gasteiger partial charge in [0.2, 0.25) is 5.82 Å². The number of benzene rings is 2. The van der Waals surface area contributed by atoms with Crippen molar-refractivity contribution in [2.45, 2.75) is 13.8 Å². The van der Waals surface area contributed by atoms with Gasteiger partial charge >= 0.3 is 5.97 Å². The molecule has 0 bridgehead atoms. The number of rotatable bonds is 5. The van der Waals surface area contributed by atoms with Crippen LogP contribution in [0.4, 0.5) is 0 Å². The van der Waals surface area contributed by atoms with Gasteiger partial charge in [-0.2, -0.15) is 4.98 Å². The summed E-state index contributed by atoms with van der Waals surface area (Å²) in [4.78, 5) is 20.1. The molecule has 0 saturated carbocycles. The van der Waals surface area contributed by atoms with Crippen LogP contribution in [0.1, 0.15) is 21.6 Å². The van der Waals surface area contributed by atoms with Crippen molar-refractivity contribution in [3.63, 3.8) is 0 Å². The van der Waals surface area contributed by atoms with E-state index in [1.807, 2.05) is 36.6 Å². The first kappa shape index (κ1) is 19.7. The summed E-state index contributed by atoms with van der Waals surface area (Å²) in [6.45, 7) is 3.86. The van der Waals surface area contributed by atoms with Crippen molar-refractivity contribution in [1.82, 2.24) is 19.7 Å². The predicted octanol–water partition coefficient (Wildman–Crippen LogP) is 4.57. The average Bonchev–Trinajstić information content (AvgIpc) is 3.34. The van der Waals surface area contributed by atoms with Gasteiger partial charge in [0.05, 0.1) is 23.5 Å². The first-order valence-electron chi connectivity index (χ1n) is 8.96.